The second-order valence-corrected chi connectivity index (χ2v) is 8.36. The minimum absolute atomic E-state index is 0.0384. The molecular formula is C24H26N4O. The Bertz CT molecular complexity index is 1040. The number of hydrogen-bond acceptors (Lipinski definition) is 3. The zero-order valence-electron chi connectivity index (χ0n) is 17.0. The fraction of sp³-hybridized carbons (Fsp3) is 0.333. The monoisotopic (exact) mass is 386 g/mol. The molecule has 1 fully saturated rings. The quantitative estimate of drug-likeness (QED) is 0.686. The maximum absolute atomic E-state index is 13.3. The van der Waals surface area contributed by atoms with Crippen molar-refractivity contribution in [1.29, 1.82) is 0 Å². The highest BCUT2D eigenvalue weighted by Gasteiger charge is 2.55. The Hall–Kier alpha value is -3.08. The van der Waals surface area contributed by atoms with E-state index in [2.05, 4.69) is 70.2 Å². The van der Waals surface area contributed by atoms with Crippen molar-refractivity contribution in [2.75, 3.05) is 11.4 Å². The zero-order valence-corrected chi connectivity index (χ0v) is 17.0. The lowest BCUT2D eigenvalue weighted by Crippen LogP contribution is -2.51. The first-order valence-corrected chi connectivity index (χ1v) is 10.3. The number of para-hydroxylation sites is 1. The van der Waals surface area contributed by atoms with E-state index in [1.54, 1.807) is 6.20 Å². The van der Waals surface area contributed by atoms with Crippen molar-refractivity contribution in [2.24, 2.45) is 0 Å². The van der Waals surface area contributed by atoms with E-state index in [0.29, 0.717) is 6.54 Å². The first-order valence-electron chi connectivity index (χ1n) is 10.3. The van der Waals surface area contributed by atoms with E-state index in [4.69, 9.17) is 0 Å². The maximum Gasteiger partial charge on any atom is 0.244 e. The highest BCUT2D eigenvalue weighted by Crippen LogP contribution is 2.52. The van der Waals surface area contributed by atoms with Crippen LogP contribution in [0.4, 0.5) is 5.69 Å². The van der Waals surface area contributed by atoms with E-state index >= 15 is 0 Å². The average molecular weight is 386 g/mol. The van der Waals surface area contributed by atoms with Crippen LogP contribution in [0, 0.1) is 6.92 Å². The minimum atomic E-state index is -0.0506. The molecule has 0 bridgehead atoms. The number of amides is 1. The summed E-state index contributed by atoms with van der Waals surface area (Å²) in [6.07, 6.45) is 4.66. The average Bonchev–Trinajstić information content (AvgIpc) is 3.36. The molecule has 3 heterocycles. The van der Waals surface area contributed by atoms with Gasteiger partial charge in [-0.2, -0.15) is 0 Å². The SMILES string of the molecule is Cc1nccn1CC(=O)N1CCC2(C)c3ccccc3N(Cc3ccccc3)C12. The second kappa shape index (κ2) is 6.76. The number of rotatable bonds is 4. The van der Waals surface area contributed by atoms with Crippen LogP contribution in [-0.2, 0) is 23.3 Å². The Balaban J connectivity index is 1.51. The van der Waals surface area contributed by atoms with E-state index in [0.717, 1.165) is 25.3 Å². The summed E-state index contributed by atoms with van der Waals surface area (Å²) in [4.78, 5) is 22.1. The molecule has 2 atom stereocenters. The Morgan fingerprint density at radius 1 is 1.14 bits per heavy atom. The van der Waals surface area contributed by atoms with Crippen LogP contribution in [0.5, 0.6) is 0 Å². The third kappa shape index (κ3) is 2.84. The summed E-state index contributed by atoms with van der Waals surface area (Å²) in [6.45, 7) is 6.18. The number of anilines is 1. The fourth-order valence-corrected chi connectivity index (χ4v) is 5.09. The van der Waals surface area contributed by atoms with Crippen LogP contribution < -0.4 is 4.90 Å². The zero-order chi connectivity index (χ0) is 20.0. The van der Waals surface area contributed by atoms with Crippen LogP contribution in [0.25, 0.3) is 0 Å². The number of aryl methyl sites for hydroxylation is 1. The number of benzene rings is 2. The summed E-state index contributed by atoms with van der Waals surface area (Å²) in [5, 5.41) is 0. The minimum Gasteiger partial charge on any atom is -0.346 e. The van der Waals surface area contributed by atoms with E-state index in [1.807, 2.05) is 23.8 Å². The summed E-state index contributed by atoms with van der Waals surface area (Å²) in [5.74, 6) is 1.03. The van der Waals surface area contributed by atoms with Crippen LogP contribution in [0.3, 0.4) is 0 Å². The van der Waals surface area contributed by atoms with Crippen molar-refractivity contribution in [3.05, 3.63) is 83.9 Å². The number of nitrogens with zero attached hydrogens (tertiary/aromatic N) is 4. The van der Waals surface area contributed by atoms with Gasteiger partial charge in [0, 0.05) is 36.6 Å². The third-order valence-electron chi connectivity index (χ3n) is 6.61. The Kier molecular flexibility index (Phi) is 4.19. The van der Waals surface area contributed by atoms with E-state index in [1.165, 1.54) is 16.8 Å². The molecule has 5 nitrogen and oxygen atoms in total. The molecule has 0 N–H and O–H groups in total. The number of carbonyl (C=O) groups excluding carboxylic acids is 1. The van der Waals surface area contributed by atoms with Gasteiger partial charge in [-0.15, -0.1) is 0 Å². The van der Waals surface area contributed by atoms with Crippen molar-refractivity contribution in [3.63, 3.8) is 0 Å². The predicted molar refractivity (Wildman–Crippen MR) is 114 cm³/mol. The van der Waals surface area contributed by atoms with Gasteiger partial charge >= 0.3 is 0 Å². The number of imidazole rings is 1. The molecule has 2 unspecified atom stereocenters. The smallest absolute Gasteiger partial charge is 0.244 e. The van der Waals surface area contributed by atoms with Crippen LogP contribution in [-0.4, -0.2) is 33.1 Å². The van der Waals surface area contributed by atoms with Gasteiger partial charge in [-0.05, 0) is 30.5 Å². The summed E-state index contributed by atoms with van der Waals surface area (Å²) in [6, 6.07) is 19.2. The van der Waals surface area contributed by atoms with Gasteiger partial charge in [0.25, 0.3) is 0 Å². The molecule has 2 aliphatic heterocycles. The number of hydrogen-bond donors (Lipinski definition) is 0. The van der Waals surface area contributed by atoms with Gasteiger partial charge in [-0.25, -0.2) is 4.98 Å². The number of aromatic nitrogens is 2. The highest BCUT2D eigenvalue weighted by molar-refractivity contribution is 5.79. The highest BCUT2D eigenvalue weighted by atomic mass is 16.2. The molecule has 1 amide bonds. The summed E-state index contributed by atoms with van der Waals surface area (Å²) in [7, 11) is 0. The molecule has 1 saturated heterocycles. The Labute approximate surface area is 171 Å². The summed E-state index contributed by atoms with van der Waals surface area (Å²) >= 11 is 0. The number of likely N-dealkylation sites (tertiary alicyclic amines) is 1. The van der Waals surface area contributed by atoms with E-state index < -0.39 is 0 Å². The van der Waals surface area contributed by atoms with E-state index in [9.17, 15) is 4.79 Å². The molecule has 29 heavy (non-hydrogen) atoms. The molecule has 148 valence electrons. The molecule has 0 saturated carbocycles. The summed E-state index contributed by atoms with van der Waals surface area (Å²) < 4.78 is 1.93. The van der Waals surface area contributed by atoms with Gasteiger partial charge in [0.05, 0.1) is 0 Å². The van der Waals surface area contributed by atoms with Crippen molar-refractivity contribution in [1.82, 2.24) is 14.5 Å². The molecule has 2 aliphatic rings. The maximum atomic E-state index is 13.3. The van der Waals surface area contributed by atoms with Crippen molar-refractivity contribution in [3.8, 4) is 0 Å². The van der Waals surface area contributed by atoms with Crippen LogP contribution >= 0.6 is 0 Å². The lowest BCUT2D eigenvalue weighted by atomic mass is 9.81. The van der Waals surface area contributed by atoms with E-state index in [-0.39, 0.29) is 17.5 Å². The predicted octanol–water partition coefficient (Wildman–Crippen LogP) is 3.73. The molecule has 0 radical (unpaired) electrons. The normalized spacial score (nSPS) is 22.6. The number of carbonyl (C=O) groups is 1. The molecule has 0 aliphatic carbocycles. The van der Waals surface area contributed by atoms with Crippen molar-refractivity contribution in [2.45, 2.75) is 44.9 Å². The first-order chi connectivity index (χ1) is 14.1. The second-order valence-electron chi connectivity index (χ2n) is 8.36. The van der Waals surface area contributed by atoms with Crippen molar-refractivity contribution >= 4 is 11.6 Å². The Morgan fingerprint density at radius 2 is 1.90 bits per heavy atom. The number of fused-ring (bicyclic) bond motifs is 3. The van der Waals surface area contributed by atoms with Gasteiger partial charge < -0.3 is 14.4 Å². The van der Waals surface area contributed by atoms with Gasteiger partial charge in [0.15, 0.2) is 0 Å². The first kappa shape index (κ1) is 18.0. The molecule has 0 spiro atoms. The van der Waals surface area contributed by atoms with Crippen LogP contribution in [0.1, 0.15) is 30.3 Å². The lowest BCUT2D eigenvalue weighted by Gasteiger charge is -2.37. The molecule has 5 rings (SSSR count). The van der Waals surface area contributed by atoms with Gasteiger partial charge in [0.2, 0.25) is 5.91 Å². The molecule has 3 aromatic rings. The molecule has 5 heteroatoms. The topological polar surface area (TPSA) is 41.4 Å². The lowest BCUT2D eigenvalue weighted by molar-refractivity contribution is -0.133. The molecule has 1 aromatic heterocycles. The van der Waals surface area contributed by atoms with Gasteiger partial charge in [-0.1, -0.05) is 55.5 Å². The van der Waals surface area contributed by atoms with Crippen molar-refractivity contribution < 1.29 is 4.79 Å². The van der Waals surface area contributed by atoms with Crippen LogP contribution in [0.2, 0.25) is 0 Å². The molecular weight excluding hydrogens is 360 g/mol. The fourth-order valence-electron chi connectivity index (χ4n) is 5.09. The third-order valence-corrected chi connectivity index (χ3v) is 6.61. The largest absolute Gasteiger partial charge is 0.346 e. The molecule has 2 aromatic carbocycles. The van der Waals surface area contributed by atoms with Gasteiger partial charge in [0.1, 0.15) is 18.5 Å². The Morgan fingerprint density at radius 3 is 2.66 bits per heavy atom. The standard InChI is InChI=1S/C24H26N4O/c1-18-25-13-15-26(18)17-22(29)27-14-12-24(2)20-10-6-7-11-21(20)28(23(24)27)16-19-8-4-3-5-9-19/h3-11,13,15,23H,12,14,16-17H2,1-2H3. The summed E-state index contributed by atoms with van der Waals surface area (Å²) in [5.41, 5.74) is 3.82. The van der Waals surface area contributed by atoms with Crippen LogP contribution in [0.15, 0.2) is 67.0 Å². The van der Waals surface area contributed by atoms with Gasteiger partial charge in [-0.3, -0.25) is 4.79 Å².